The molecule has 0 aromatic rings. The highest BCUT2D eigenvalue weighted by Crippen LogP contribution is 2.31. The van der Waals surface area contributed by atoms with Crippen LogP contribution in [0.25, 0.3) is 0 Å². The van der Waals surface area contributed by atoms with Gasteiger partial charge in [-0.25, -0.2) is 0 Å². The van der Waals surface area contributed by atoms with E-state index in [2.05, 4.69) is 10.2 Å². The molecule has 1 unspecified atom stereocenters. The van der Waals surface area contributed by atoms with Crippen LogP contribution < -0.4 is 5.32 Å². The molecule has 5 heteroatoms. The second kappa shape index (κ2) is 9.68. The monoisotopic (exact) mass is 286 g/mol. The molecule has 0 spiro atoms. The second-order valence-corrected chi connectivity index (χ2v) is 5.80. The van der Waals surface area contributed by atoms with Gasteiger partial charge in [-0.15, -0.1) is 0 Å². The minimum absolute atomic E-state index is 0.650. The molecule has 5 nitrogen and oxygen atoms in total. The average molecular weight is 286 g/mol. The predicted molar refractivity (Wildman–Crippen MR) is 79.1 cm³/mol. The van der Waals surface area contributed by atoms with Crippen molar-refractivity contribution in [3.8, 4) is 0 Å². The lowest BCUT2D eigenvalue weighted by molar-refractivity contribution is 0.0255. The Morgan fingerprint density at radius 2 is 1.75 bits per heavy atom. The fraction of sp³-hybridized carbons (Fsp3) is 1.00. The van der Waals surface area contributed by atoms with Crippen LogP contribution in [-0.4, -0.2) is 77.3 Å². The van der Waals surface area contributed by atoms with Gasteiger partial charge in [0.15, 0.2) is 0 Å². The molecule has 118 valence electrons. The number of likely N-dealkylation sites (tertiary alicyclic amines) is 1. The molecule has 1 saturated heterocycles. The van der Waals surface area contributed by atoms with E-state index in [1.807, 2.05) is 0 Å². The zero-order valence-corrected chi connectivity index (χ0v) is 12.8. The normalized spacial score (nSPS) is 23.6. The zero-order chi connectivity index (χ0) is 14.0. The maximum absolute atomic E-state index is 5.51. The van der Waals surface area contributed by atoms with Crippen molar-refractivity contribution in [3.05, 3.63) is 0 Å². The Labute approximate surface area is 122 Å². The molecule has 1 aliphatic carbocycles. The van der Waals surface area contributed by atoms with E-state index in [-0.39, 0.29) is 0 Å². The van der Waals surface area contributed by atoms with E-state index in [0.29, 0.717) is 26.4 Å². The fourth-order valence-corrected chi connectivity index (χ4v) is 2.72. The summed E-state index contributed by atoms with van der Waals surface area (Å²) in [6.45, 7) is 8.09. The van der Waals surface area contributed by atoms with Crippen LogP contribution in [-0.2, 0) is 14.2 Å². The smallest absolute Gasteiger partial charge is 0.0701 e. The van der Waals surface area contributed by atoms with Gasteiger partial charge in [0.1, 0.15) is 0 Å². The summed E-state index contributed by atoms with van der Waals surface area (Å²) in [7, 11) is 1.68. The molecule has 0 amide bonds. The lowest BCUT2D eigenvalue weighted by Crippen LogP contribution is -2.29. The highest BCUT2D eigenvalue weighted by Gasteiger charge is 2.33. The van der Waals surface area contributed by atoms with E-state index in [9.17, 15) is 0 Å². The largest absolute Gasteiger partial charge is 0.382 e. The lowest BCUT2D eigenvalue weighted by Gasteiger charge is -2.15. The highest BCUT2D eigenvalue weighted by molar-refractivity contribution is 4.89. The van der Waals surface area contributed by atoms with Crippen molar-refractivity contribution >= 4 is 0 Å². The van der Waals surface area contributed by atoms with Gasteiger partial charge in [0.2, 0.25) is 0 Å². The summed E-state index contributed by atoms with van der Waals surface area (Å²) in [5.41, 5.74) is 0. The topological polar surface area (TPSA) is 43.0 Å². The first-order chi connectivity index (χ1) is 9.90. The summed E-state index contributed by atoms with van der Waals surface area (Å²) in [6, 6.07) is 0.932. The maximum atomic E-state index is 5.51. The van der Waals surface area contributed by atoms with Crippen LogP contribution in [0.3, 0.4) is 0 Å². The number of hydrogen-bond acceptors (Lipinski definition) is 5. The number of nitrogens with one attached hydrogen (secondary N) is 1. The number of hydrogen-bond donors (Lipinski definition) is 1. The number of ether oxygens (including phenoxy) is 3. The molecule has 2 aliphatic rings. The molecule has 0 aromatic carbocycles. The van der Waals surface area contributed by atoms with Crippen molar-refractivity contribution in [3.63, 3.8) is 0 Å². The van der Waals surface area contributed by atoms with Crippen molar-refractivity contribution in [1.29, 1.82) is 0 Å². The SMILES string of the molecule is COCCOCCOCCNCC1CCN(C2CC2)C1. The molecule has 0 aromatic heterocycles. The minimum atomic E-state index is 0.650. The van der Waals surface area contributed by atoms with Crippen molar-refractivity contribution in [2.24, 2.45) is 5.92 Å². The minimum Gasteiger partial charge on any atom is -0.382 e. The zero-order valence-electron chi connectivity index (χ0n) is 12.8. The molecule has 0 radical (unpaired) electrons. The van der Waals surface area contributed by atoms with Crippen LogP contribution in [0.2, 0.25) is 0 Å². The Balaban J connectivity index is 1.32. The third-order valence-electron chi connectivity index (χ3n) is 4.04. The number of rotatable bonds is 12. The highest BCUT2D eigenvalue weighted by atomic mass is 16.5. The van der Waals surface area contributed by atoms with Crippen LogP contribution in [0.15, 0.2) is 0 Å². The average Bonchev–Trinajstić information content (AvgIpc) is 3.21. The first-order valence-corrected chi connectivity index (χ1v) is 7.99. The molecule has 1 saturated carbocycles. The van der Waals surface area contributed by atoms with Gasteiger partial charge in [-0.05, 0) is 38.3 Å². The first-order valence-electron chi connectivity index (χ1n) is 7.99. The van der Waals surface area contributed by atoms with Crippen LogP contribution in [0.5, 0.6) is 0 Å². The van der Waals surface area contributed by atoms with Gasteiger partial charge >= 0.3 is 0 Å². The summed E-state index contributed by atoms with van der Waals surface area (Å²) in [4.78, 5) is 2.67. The third kappa shape index (κ3) is 6.50. The van der Waals surface area contributed by atoms with Gasteiger partial charge in [0.05, 0.1) is 33.0 Å². The Bertz CT molecular complexity index is 249. The Kier molecular flexibility index (Phi) is 7.83. The maximum Gasteiger partial charge on any atom is 0.0701 e. The van der Waals surface area contributed by atoms with Gasteiger partial charge in [0.25, 0.3) is 0 Å². The molecule has 1 atom stereocenters. The second-order valence-electron chi connectivity index (χ2n) is 5.80. The standard InChI is InChI=1S/C15H30N2O3/c1-18-8-9-20-11-10-19-7-5-16-12-14-4-6-17(13-14)15-2-3-15/h14-16H,2-13H2,1H3. The summed E-state index contributed by atoms with van der Waals surface area (Å²) < 4.78 is 15.7. The van der Waals surface area contributed by atoms with Gasteiger partial charge in [-0.3, -0.25) is 0 Å². The Morgan fingerprint density at radius 1 is 1.00 bits per heavy atom. The Hall–Kier alpha value is -0.200. The molecule has 1 aliphatic heterocycles. The molecule has 2 rings (SSSR count). The molecule has 2 fully saturated rings. The van der Waals surface area contributed by atoms with E-state index in [1.54, 1.807) is 7.11 Å². The summed E-state index contributed by atoms with van der Waals surface area (Å²) in [5, 5.41) is 3.51. The van der Waals surface area contributed by atoms with Crippen molar-refractivity contribution in [1.82, 2.24) is 10.2 Å². The predicted octanol–water partition coefficient (Wildman–Crippen LogP) is 0.740. The van der Waals surface area contributed by atoms with E-state index in [1.165, 1.54) is 32.4 Å². The van der Waals surface area contributed by atoms with E-state index in [0.717, 1.165) is 31.7 Å². The van der Waals surface area contributed by atoms with Crippen LogP contribution in [0, 0.1) is 5.92 Å². The van der Waals surface area contributed by atoms with Crippen LogP contribution in [0.4, 0.5) is 0 Å². The van der Waals surface area contributed by atoms with E-state index >= 15 is 0 Å². The molecular formula is C15H30N2O3. The van der Waals surface area contributed by atoms with Crippen molar-refractivity contribution < 1.29 is 14.2 Å². The number of nitrogens with zero attached hydrogens (tertiary/aromatic N) is 1. The van der Waals surface area contributed by atoms with E-state index < -0.39 is 0 Å². The lowest BCUT2D eigenvalue weighted by atomic mass is 10.1. The quantitative estimate of drug-likeness (QED) is 0.536. The third-order valence-corrected chi connectivity index (χ3v) is 4.04. The Morgan fingerprint density at radius 3 is 2.50 bits per heavy atom. The molecule has 0 bridgehead atoms. The van der Waals surface area contributed by atoms with Gasteiger partial charge < -0.3 is 24.4 Å². The van der Waals surface area contributed by atoms with Crippen molar-refractivity contribution in [2.45, 2.75) is 25.3 Å². The summed E-state index contributed by atoms with van der Waals surface area (Å²) >= 11 is 0. The van der Waals surface area contributed by atoms with Gasteiger partial charge in [-0.2, -0.15) is 0 Å². The summed E-state index contributed by atoms with van der Waals surface area (Å²) in [5.74, 6) is 0.841. The van der Waals surface area contributed by atoms with Crippen molar-refractivity contribution in [2.75, 3.05) is 66.3 Å². The van der Waals surface area contributed by atoms with E-state index in [4.69, 9.17) is 14.2 Å². The fourth-order valence-electron chi connectivity index (χ4n) is 2.72. The van der Waals surface area contributed by atoms with Crippen LogP contribution in [0.1, 0.15) is 19.3 Å². The molecular weight excluding hydrogens is 256 g/mol. The molecule has 1 heterocycles. The molecule has 20 heavy (non-hydrogen) atoms. The van der Waals surface area contributed by atoms with Crippen LogP contribution >= 0.6 is 0 Å². The molecule has 1 N–H and O–H groups in total. The number of methoxy groups -OCH3 is 1. The summed E-state index contributed by atoms with van der Waals surface area (Å²) in [6.07, 6.45) is 4.22. The van der Waals surface area contributed by atoms with Gasteiger partial charge in [-0.1, -0.05) is 0 Å². The van der Waals surface area contributed by atoms with Gasteiger partial charge in [0, 0.05) is 26.2 Å². The first kappa shape index (κ1) is 16.2.